The van der Waals surface area contributed by atoms with Gasteiger partial charge in [-0.05, 0) is 32.2 Å². The molecule has 0 heterocycles. The lowest BCUT2D eigenvalue weighted by Gasteiger charge is -2.14. The molecule has 0 aromatic heterocycles. The molecule has 8 heteroatoms. The first-order chi connectivity index (χ1) is 9.31. The van der Waals surface area contributed by atoms with Crippen LogP contribution in [0, 0.1) is 0 Å². The summed E-state index contributed by atoms with van der Waals surface area (Å²) in [6, 6.07) is 3.93. The molecule has 0 aliphatic heterocycles. The molecule has 112 valence electrons. The second kappa shape index (κ2) is 7.03. The fourth-order valence-electron chi connectivity index (χ4n) is 1.41. The molecule has 1 unspecified atom stereocenters. The van der Waals surface area contributed by atoms with Crippen LogP contribution in [-0.2, 0) is 14.8 Å². The maximum Gasteiger partial charge on any atom is 0.339 e. The summed E-state index contributed by atoms with van der Waals surface area (Å²) in [5.74, 6) is -0.733. The van der Waals surface area contributed by atoms with Gasteiger partial charge >= 0.3 is 5.97 Å². The highest BCUT2D eigenvalue weighted by atomic mass is 35.5. The third kappa shape index (κ3) is 4.17. The summed E-state index contributed by atoms with van der Waals surface area (Å²) in [5.41, 5.74) is -0.0542. The Bertz CT molecular complexity index is 589. The van der Waals surface area contributed by atoms with E-state index < -0.39 is 16.0 Å². The van der Waals surface area contributed by atoms with Crippen LogP contribution in [0.25, 0.3) is 0 Å². The fraction of sp³-hybridized carbons (Fsp3) is 0.417. The second-order valence-electron chi connectivity index (χ2n) is 4.17. The Kier molecular flexibility index (Phi) is 5.94. The van der Waals surface area contributed by atoms with Crippen molar-refractivity contribution < 1.29 is 17.9 Å². The number of benzene rings is 1. The van der Waals surface area contributed by atoms with Crippen molar-refractivity contribution in [3.63, 3.8) is 0 Å². The largest absolute Gasteiger partial charge is 0.465 e. The van der Waals surface area contributed by atoms with Crippen LogP contribution in [0.15, 0.2) is 23.1 Å². The Morgan fingerprint density at radius 1 is 1.45 bits per heavy atom. The first kappa shape index (κ1) is 16.9. The Labute approximate surface area is 123 Å². The summed E-state index contributed by atoms with van der Waals surface area (Å²) in [6.07, 6.45) is 0. The Hall–Kier alpha value is -1.15. The molecule has 0 bridgehead atoms. The van der Waals surface area contributed by atoms with E-state index in [1.807, 2.05) is 6.92 Å². The quantitative estimate of drug-likeness (QED) is 0.764. The van der Waals surface area contributed by atoms with Crippen molar-refractivity contribution in [1.29, 1.82) is 0 Å². The number of sulfonamides is 1. The van der Waals surface area contributed by atoms with Crippen LogP contribution in [0.1, 0.15) is 17.3 Å². The average Bonchev–Trinajstić information content (AvgIpc) is 2.43. The lowest BCUT2D eigenvalue weighted by Crippen LogP contribution is -2.37. The highest BCUT2D eigenvalue weighted by molar-refractivity contribution is 7.89. The number of hydrogen-bond acceptors (Lipinski definition) is 5. The van der Waals surface area contributed by atoms with Crippen molar-refractivity contribution >= 4 is 27.6 Å². The summed E-state index contributed by atoms with van der Waals surface area (Å²) in [4.78, 5) is 11.4. The number of hydrogen-bond donors (Lipinski definition) is 2. The lowest BCUT2D eigenvalue weighted by molar-refractivity contribution is 0.0596. The van der Waals surface area contributed by atoms with Crippen LogP contribution < -0.4 is 10.0 Å². The first-order valence-electron chi connectivity index (χ1n) is 5.86. The van der Waals surface area contributed by atoms with Crippen molar-refractivity contribution in [2.45, 2.75) is 17.9 Å². The van der Waals surface area contributed by atoms with E-state index >= 15 is 0 Å². The van der Waals surface area contributed by atoms with Crippen LogP contribution in [0.3, 0.4) is 0 Å². The van der Waals surface area contributed by atoms with Gasteiger partial charge in [-0.3, -0.25) is 0 Å². The number of esters is 1. The first-order valence-corrected chi connectivity index (χ1v) is 7.72. The predicted octanol–water partition coefficient (Wildman–Crippen LogP) is 1.01. The molecule has 0 aliphatic rings. The van der Waals surface area contributed by atoms with Crippen LogP contribution in [0.2, 0.25) is 5.02 Å². The van der Waals surface area contributed by atoms with Gasteiger partial charge in [-0.2, -0.15) is 0 Å². The van der Waals surface area contributed by atoms with Gasteiger partial charge in [0.05, 0.1) is 17.6 Å². The van der Waals surface area contributed by atoms with Crippen molar-refractivity contribution in [3.8, 4) is 0 Å². The molecule has 0 amide bonds. The van der Waals surface area contributed by atoms with Crippen LogP contribution in [-0.4, -0.2) is 41.1 Å². The topological polar surface area (TPSA) is 84.5 Å². The van der Waals surface area contributed by atoms with Gasteiger partial charge in [0.25, 0.3) is 0 Å². The zero-order chi connectivity index (χ0) is 15.3. The molecule has 0 saturated heterocycles. The lowest BCUT2D eigenvalue weighted by atomic mass is 10.2. The van der Waals surface area contributed by atoms with E-state index in [4.69, 9.17) is 11.6 Å². The molecular weight excluding hydrogens is 304 g/mol. The fourth-order valence-corrected chi connectivity index (χ4v) is 3.00. The molecule has 1 rings (SSSR count). The molecule has 0 spiro atoms. The summed E-state index contributed by atoms with van der Waals surface area (Å²) in [7, 11) is -0.944. The zero-order valence-corrected chi connectivity index (χ0v) is 13.0. The second-order valence-corrected chi connectivity index (χ2v) is 6.35. The summed E-state index contributed by atoms with van der Waals surface area (Å²) < 4.78 is 31.5. The van der Waals surface area contributed by atoms with E-state index in [9.17, 15) is 13.2 Å². The number of halogens is 1. The number of ether oxygens (including phenoxy) is 1. The van der Waals surface area contributed by atoms with Gasteiger partial charge in [-0.15, -0.1) is 0 Å². The standard InChI is InChI=1S/C12H17ClN2O4S/c1-8(14-2)7-15-20(17,18)11-6-9(13)4-5-10(11)12(16)19-3/h4-6,8,14-15H,7H2,1-3H3. The molecular formula is C12H17ClN2O4S. The maximum atomic E-state index is 12.2. The van der Waals surface area contributed by atoms with Gasteiger partial charge in [0.15, 0.2) is 0 Å². The average molecular weight is 321 g/mol. The Balaban J connectivity index is 3.16. The van der Waals surface area contributed by atoms with Gasteiger partial charge in [-0.1, -0.05) is 11.6 Å². The van der Waals surface area contributed by atoms with Gasteiger partial charge in [0.1, 0.15) is 0 Å². The monoisotopic (exact) mass is 320 g/mol. The van der Waals surface area contributed by atoms with Crippen LogP contribution in [0.4, 0.5) is 0 Å². The minimum absolute atomic E-state index is 0.0504. The third-order valence-corrected chi connectivity index (χ3v) is 4.41. The Morgan fingerprint density at radius 3 is 2.65 bits per heavy atom. The number of carbonyl (C=O) groups excluding carboxylic acids is 1. The van der Waals surface area contributed by atoms with Crippen molar-refractivity contribution in [2.24, 2.45) is 0 Å². The zero-order valence-electron chi connectivity index (χ0n) is 11.4. The van der Waals surface area contributed by atoms with Gasteiger partial charge in [0.2, 0.25) is 10.0 Å². The van der Waals surface area contributed by atoms with E-state index in [2.05, 4.69) is 14.8 Å². The number of nitrogens with one attached hydrogen (secondary N) is 2. The summed E-state index contributed by atoms with van der Waals surface area (Å²) in [6.45, 7) is 2.01. The van der Waals surface area contributed by atoms with Crippen molar-refractivity contribution in [3.05, 3.63) is 28.8 Å². The highest BCUT2D eigenvalue weighted by Crippen LogP contribution is 2.21. The van der Waals surface area contributed by atoms with E-state index in [-0.39, 0.29) is 28.1 Å². The molecule has 2 N–H and O–H groups in total. The molecule has 0 fully saturated rings. The number of likely N-dealkylation sites (N-methyl/N-ethyl adjacent to an activating group) is 1. The highest BCUT2D eigenvalue weighted by Gasteiger charge is 2.23. The van der Waals surface area contributed by atoms with Gasteiger partial charge in [-0.25, -0.2) is 17.9 Å². The molecule has 6 nitrogen and oxygen atoms in total. The van der Waals surface area contributed by atoms with E-state index in [0.717, 1.165) is 0 Å². The predicted molar refractivity (Wildman–Crippen MR) is 76.5 cm³/mol. The number of methoxy groups -OCH3 is 1. The van der Waals surface area contributed by atoms with E-state index in [1.165, 1.54) is 25.3 Å². The molecule has 0 saturated carbocycles. The third-order valence-electron chi connectivity index (χ3n) is 2.71. The number of rotatable bonds is 6. The Morgan fingerprint density at radius 2 is 2.10 bits per heavy atom. The molecule has 20 heavy (non-hydrogen) atoms. The SMILES string of the molecule is CNC(C)CNS(=O)(=O)c1cc(Cl)ccc1C(=O)OC. The van der Waals surface area contributed by atoms with Crippen LogP contribution >= 0.6 is 11.6 Å². The van der Waals surface area contributed by atoms with Crippen LogP contribution in [0.5, 0.6) is 0 Å². The van der Waals surface area contributed by atoms with E-state index in [0.29, 0.717) is 0 Å². The molecule has 0 radical (unpaired) electrons. The van der Waals surface area contributed by atoms with E-state index in [1.54, 1.807) is 7.05 Å². The molecule has 1 aromatic rings. The molecule has 1 aromatic carbocycles. The summed E-state index contributed by atoms with van der Waals surface area (Å²) >= 11 is 5.80. The van der Waals surface area contributed by atoms with Crippen molar-refractivity contribution in [2.75, 3.05) is 20.7 Å². The van der Waals surface area contributed by atoms with Gasteiger partial charge < -0.3 is 10.1 Å². The molecule has 1 atom stereocenters. The maximum absolute atomic E-state index is 12.2. The smallest absolute Gasteiger partial charge is 0.339 e. The molecule has 0 aliphatic carbocycles. The minimum Gasteiger partial charge on any atom is -0.465 e. The summed E-state index contributed by atoms with van der Waals surface area (Å²) in [5, 5.41) is 3.13. The van der Waals surface area contributed by atoms with Crippen molar-refractivity contribution in [1.82, 2.24) is 10.0 Å². The number of carbonyl (C=O) groups is 1. The minimum atomic E-state index is -3.85. The normalized spacial score (nSPS) is 13.0. The van der Waals surface area contributed by atoms with Gasteiger partial charge in [0, 0.05) is 17.6 Å².